The number of carbonyl (C=O) groups is 2. The summed E-state index contributed by atoms with van der Waals surface area (Å²) in [6.45, 7) is 2.11. The van der Waals surface area contributed by atoms with Gasteiger partial charge >= 0.3 is 0 Å². The number of ether oxygens (including phenoxy) is 1. The van der Waals surface area contributed by atoms with Crippen LogP contribution in [0.3, 0.4) is 0 Å². The molecule has 0 aromatic carbocycles. The Kier molecular flexibility index (Phi) is 3.67. The molecule has 0 aliphatic carbocycles. The Morgan fingerprint density at radius 3 is 3.14 bits per heavy atom. The van der Waals surface area contributed by atoms with Crippen LogP contribution in [-0.2, 0) is 20.7 Å². The number of carbonyl (C=O) groups excluding carboxylic acids is 2. The van der Waals surface area contributed by atoms with E-state index in [0.717, 1.165) is 0 Å². The first kappa shape index (κ1) is 14.1. The molecule has 0 bridgehead atoms. The first-order valence-corrected chi connectivity index (χ1v) is 7.12. The second kappa shape index (κ2) is 5.48. The number of amides is 2. The molecule has 2 fully saturated rings. The third-order valence-corrected chi connectivity index (χ3v) is 4.56. The van der Waals surface area contributed by atoms with Crippen molar-refractivity contribution in [2.45, 2.75) is 12.8 Å². The summed E-state index contributed by atoms with van der Waals surface area (Å²) >= 11 is 0. The fraction of sp³-hybridized carbons (Fsp3) is 0.643. The van der Waals surface area contributed by atoms with Gasteiger partial charge in [-0.15, -0.1) is 0 Å². The second-order valence-corrected chi connectivity index (χ2v) is 5.70. The highest BCUT2D eigenvalue weighted by Gasteiger charge is 2.54. The van der Waals surface area contributed by atoms with E-state index < -0.39 is 5.41 Å². The standard InChI is InChI=1S/C14H19N3O4/c1-15-13(19)14-3-5-20-8-10(14)7-17(9-14)12(18)6-11-2-4-21-16-11/h2,4,10H,3,5-9H2,1H3,(H,15,19)/t10-,14+/m1/s1. The van der Waals surface area contributed by atoms with Crippen molar-refractivity contribution in [1.82, 2.24) is 15.4 Å². The van der Waals surface area contributed by atoms with Gasteiger partial charge in [0.25, 0.3) is 0 Å². The summed E-state index contributed by atoms with van der Waals surface area (Å²) in [5, 5.41) is 6.50. The normalized spacial score (nSPS) is 28.2. The Hall–Kier alpha value is -1.89. The highest BCUT2D eigenvalue weighted by Crippen LogP contribution is 2.42. The molecule has 3 rings (SSSR count). The molecule has 7 heteroatoms. The molecule has 0 unspecified atom stereocenters. The van der Waals surface area contributed by atoms with E-state index in [0.29, 0.717) is 38.4 Å². The molecule has 0 radical (unpaired) electrons. The Balaban J connectivity index is 1.74. The molecule has 2 aliphatic heterocycles. The van der Waals surface area contributed by atoms with Crippen LogP contribution in [0, 0.1) is 11.3 Å². The summed E-state index contributed by atoms with van der Waals surface area (Å²) in [7, 11) is 1.64. The lowest BCUT2D eigenvalue weighted by atomic mass is 9.73. The lowest BCUT2D eigenvalue weighted by Gasteiger charge is -2.36. The first-order valence-electron chi connectivity index (χ1n) is 7.12. The Morgan fingerprint density at radius 1 is 1.57 bits per heavy atom. The number of hydrogen-bond donors (Lipinski definition) is 1. The van der Waals surface area contributed by atoms with Crippen LogP contribution in [0.2, 0.25) is 0 Å². The number of nitrogens with zero attached hydrogens (tertiary/aromatic N) is 2. The SMILES string of the molecule is CNC(=O)[C@]12CCOC[C@H]1CN(C(=O)Cc1ccon1)C2. The van der Waals surface area contributed by atoms with E-state index in [1.54, 1.807) is 18.0 Å². The second-order valence-electron chi connectivity index (χ2n) is 5.70. The van der Waals surface area contributed by atoms with Gasteiger partial charge in [-0.05, 0) is 6.42 Å². The third kappa shape index (κ3) is 2.42. The quantitative estimate of drug-likeness (QED) is 0.836. The summed E-state index contributed by atoms with van der Waals surface area (Å²) in [4.78, 5) is 26.5. The highest BCUT2D eigenvalue weighted by atomic mass is 16.5. The van der Waals surface area contributed by atoms with Gasteiger partial charge in [0.1, 0.15) is 6.26 Å². The van der Waals surface area contributed by atoms with Gasteiger partial charge in [-0.2, -0.15) is 0 Å². The van der Waals surface area contributed by atoms with Gasteiger partial charge in [0.05, 0.1) is 24.1 Å². The minimum absolute atomic E-state index is 0.00698. The van der Waals surface area contributed by atoms with Crippen molar-refractivity contribution in [3.8, 4) is 0 Å². The third-order valence-electron chi connectivity index (χ3n) is 4.56. The maximum atomic E-state index is 12.4. The van der Waals surface area contributed by atoms with Crippen molar-refractivity contribution in [2.24, 2.45) is 11.3 Å². The topological polar surface area (TPSA) is 84.7 Å². The summed E-state index contributed by atoms with van der Waals surface area (Å²) < 4.78 is 10.2. The number of fused-ring (bicyclic) bond motifs is 1. The van der Waals surface area contributed by atoms with Crippen molar-refractivity contribution < 1.29 is 18.8 Å². The smallest absolute Gasteiger partial charge is 0.228 e. The molecule has 1 N–H and O–H groups in total. The number of hydrogen-bond acceptors (Lipinski definition) is 5. The first-order chi connectivity index (χ1) is 10.2. The van der Waals surface area contributed by atoms with E-state index in [2.05, 4.69) is 10.5 Å². The highest BCUT2D eigenvalue weighted by molar-refractivity contribution is 5.86. The van der Waals surface area contributed by atoms with Crippen molar-refractivity contribution in [1.29, 1.82) is 0 Å². The van der Waals surface area contributed by atoms with Crippen molar-refractivity contribution in [3.63, 3.8) is 0 Å². The average Bonchev–Trinajstić information content (AvgIpc) is 3.13. The molecule has 1 aromatic rings. The van der Waals surface area contributed by atoms with Crippen molar-refractivity contribution >= 4 is 11.8 Å². The van der Waals surface area contributed by atoms with Gasteiger partial charge < -0.3 is 19.5 Å². The average molecular weight is 293 g/mol. The van der Waals surface area contributed by atoms with Gasteiger partial charge in [-0.3, -0.25) is 9.59 Å². The lowest BCUT2D eigenvalue weighted by Crippen LogP contribution is -2.49. The van der Waals surface area contributed by atoms with Crippen LogP contribution in [0.1, 0.15) is 12.1 Å². The summed E-state index contributed by atoms with van der Waals surface area (Å²) in [6.07, 6.45) is 2.31. The number of nitrogens with one attached hydrogen (secondary N) is 1. The molecule has 3 heterocycles. The predicted molar refractivity (Wildman–Crippen MR) is 72.2 cm³/mol. The molecule has 21 heavy (non-hydrogen) atoms. The van der Waals surface area contributed by atoms with Gasteiger partial charge in [-0.1, -0.05) is 5.16 Å². The summed E-state index contributed by atoms with van der Waals surface area (Å²) in [6, 6.07) is 1.68. The Morgan fingerprint density at radius 2 is 2.43 bits per heavy atom. The Labute approximate surface area is 122 Å². The monoisotopic (exact) mass is 293 g/mol. The summed E-state index contributed by atoms with van der Waals surface area (Å²) in [5.41, 5.74) is 0.104. The number of likely N-dealkylation sites (tertiary alicyclic amines) is 1. The van der Waals surface area contributed by atoms with E-state index >= 15 is 0 Å². The molecule has 114 valence electrons. The zero-order valence-corrected chi connectivity index (χ0v) is 12.0. The lowest BCUT2D eigenvalue weighted by molar-refractivity contribution is -0.139. The molecule has 2 atom stereocenters. The van der Waals surface area contributed by atoms with Crippen LogP contribution in [0.15, 0.2) is 16.9 Å². The van der Waals surface area contributed by atoms with Crippen LogP contribution >= 0.6 is 0 Å². The van der Waals surface area contributed by atoms with Gasteiger partial charge in [0.2, 0.25) is 11.8 Å². The maximum absolute atomic E-state index is 12.4. The fourth-order valence-corrected chi connectivity index (χ4v) is 3.36. The molecule has 7 nitrogen and oxygen atoms in total. The minimum Gasteiger partial charge on any atom is -0.381 e. The molecule has 2 saturated heterocycles. The summed E-state index contributed by atoms with van der Waals surface area (Å²) in [5.74, 6) is 0.0431. The van der Waals surface area contributed by atoms with Crippen LogP contribution in [0.5, 0.6) is 0 Å². The van der Waals surface area contributed by atoms with Crippen molar-refractivity contribution in [2.75, 3.05) is 33.4 Å². The largest absolute Gasteiger partial charge is 0.381 e. The van der Waals surface area contributed by atoms with Crippen LogP contribution in [0.4, 0.5) is 0 Å². The van der Waals surface area contributed by atoms with Crippen LogP contribution in [0.25, 0.3) is 0 Å². The Bertz CT molecular complexity index is 530. The van der Waals surface area contributed by atoms with Crippen molar-refractivity contribution in [3.05, 3.63) is 18.0 Å². The molecule has 2 aliphatic rings. The van der Waals surface area contributed by atoms with E-state index in [-0.39, 0.29) is 24.2 Å². The predicted octanol–water partition coefficient (Wildman–Crippen LogP) is -0.172. The molecular weight excluding hydrogens is 274 g/mol. The maximum Gasteiger partial charge on any atom is 0.228 e. The van der Waals surface area contributed by atoms with Crippen LogP contribution in [-0.4, -0.2) is 55.2 Å². The fourth-order valence-electron chi connectivity index (χ4n) is 3.36. The van der Waals surface area contributed by atoms with Gasteiger partial charge in [0, 0.05) is 38.7 Å². The minimum atomic E-state index is -0.507. The van der Waals surface area contributed by atoms with E-state index in [1.807, 2.05) is 0 Å². The molecule has 0 saturated carbocycles. The zero-order valence-electron chi connectivity index (χ0n) is 12.0. The number of aromatic nitrogens is 1. The van der Waals surface area contributed by atoms with Crippen LogP contribution < -0.4 is 5.32 Å². The molecule has 0 spiro atoms. The molecule has 2 amide bonds. The van der Waals surface area contributed by atoms with E-state index in [9.17, 15) is 9.59 Å². The van der Waals surface area contributed by atoms with E-state index in [4.69, 9.17) is 9.26 Å². The van der Waals surface area contributed by atoms with Gasteiger partial charge in [0.15, 0.2) is 0 Å². The van der Waals surface area contributed by atoms with E-state index in [1.165, 1.54) is 6.26 Å². The van der Waals surface area contributed by atoms with Gasteiger partial charge in [-0.25, -0.2) is 0 Å². The molecular formula is C14H19N3O4. The number of rotatable bonds is 3. The molecule has 1 aromatic heterocycles. The zero-order chi connectivity index (χ0) is 14.9.